The highest BCUT2D eigenvalue weighted by Gasteiger charge is 2.15. The van der Waals surface area contributed by atoms with Crippen molar-refractivity contribution in [3.8, 4) is 0 Å². The molecule has 3 aromatic heterocycles. The van der Waals surface area contributed by atoms with Gasteiger partial charge in [-0.05, 0) is 36.1 Å². The number of nitrogen functional groups attached to an aromatic ring is 1. The number of hydrogen-bond donors (Lipinski definition) is 1. The largest absolute Gasteiger partial charge is 0.384 e. The summed E-state index contributed by atoms with van der Waals surface area (Å²) in [5.41, 5.74) is 6.74. The van der Waals surface area contributed by atoms with Gasteiger partial charge in [0.05, 0.1) is 15.6 Å². The first-order valence-corrected chi connectivity index (χ1v) is 9.82. The summed E-state index contributed by atoms with van der Waals surface area (Å²) in [6.07, 6.45) is 1.96. The number of aromatic nitrogens is 3. The Morgan fingerprint density at radius 2 is 2.09 bits per heavy atom. The van der Waals surface area contributed by atoms with E-state index in [4.69, 9.17) is 17.3 Å². The molecule has 4 nitrogen and oxygen atoms in total. The Kier molecular flexibility index (Phi) is 4.77. The molecule has 8 heteroatoms. The Morgan fingerprint density at radius 1 is 1.27 bits per heavy atom. The summed E-state index contributed by atoms with van der Waals surface area (Å²) in [6, 6.07) is 5.89. The van der Waals surface area contributed by atoms with E-state index in [1.165, 1.54) is 11.8 Å². The maximum atomic E-state index is 6.26. The van der Waals surface area contributed by atoms with Crippen LogP contribution in [0.1, 0.15) is 17.9 Å². The molecule has 0 spiro atoms. The average Bonchev–Trinajstić information content (AvgIpc) is 2.95. The average molecular weight is 369 g/mol. The van der Waals surface area contributed by atoms with Gasteiger partial charge < -0.3 is 5.73 Å². The lowest BCUT2D eigenvalue weighted by Crippen LogP contribution is -1.99. The van der Waals surface area contributed by atoms with E-state index < -0.39 is 0 Å². The Balaban J connectivity index is 1.89. The van der Waals surface area contributed by atoms with Crippen LogP contribution in [0.15, 0.2) is 33.8 Å². The van der Waals surface area contributed by atoms with Crippen molar-refractivity contribution in [2.45, 2.75) is 22.4 Å². The standard InChI is InChI=1S/C14H13ClN4S3/c1-7(22-14-18-10(16)6-11(19-14)20-2)9-5-8-3-4-21-12(8)13(15)17-9/h3-7H,1-2H3,(H2,16,18,19). The first-order chi connectivity index (χ1) is 10.6. The fourth-order valence-electron chi connectivity index (χ4n) is 1.96. The van der Waals surface area contributed by atoms with Crippen LogP contribution in [0.2, 0.25) is 5.15 Å². The van der Waals surface area contributed by atoms with Crippen LogP contribution in [-0.2, 0) is 0 Å². The third kappa shape index (κ3) is 3.32. The second-order valence-corrected chi connectivity index (χ2v) is 7.96. The van der Waals surface area contributed by atoms with Gasteiger partial charge in [-0.15, -0.1) is 23.1 Å². The zero-order chi connectivity index (χ0) is 15.7. The van der Waals surface area contributed by atoms with Crippen LogP contribution in [-0.4, -0.2) is 21.2 Å². The summed E-state index contributed by atoms with van der Waals surface area (Å²) in [4.78, 5) is 13.2. The molecule has 0 aliphatic carbocycles. The maximum Gasteiger partial charge on any atom is 0.191 e. The lowest BCUT2D eigenvalue weighted by molar-refractivity contribution is 0.889. The Labute approximate surface area is 145 Å². The predicted molar refractivity (Wildman–Crippen MR) is 97.1 cm³/mol. The van der Waals surface area contributed by atoms with Gasteiger partial charge in [0.25, 0.3) is 0 Å². The summed E-state index contributed by atoms with van der Waals surface area (Å²) < 4.78 is 1.02. The molecule has 0 bridgehead atoms. The third-order valence-corrected chi connectivity index (χ3v) is 5.96. The Hall–Kier alpha value is -1.02. The van der Waals surface area contributed by atoms with Gasteiger partial charge >= 0.3 is 0 Å². The van der Waals surface area contributed by atoms with Gasteiger partial charge in [-0.3, -0.25) is 0 Å². The van der Waals surface area contributed by atoms with E-state index in [1.54, 1.807) is 29.2 Å². The van der Waals surface area contributed by atoms with Crippen molar-refractivity contribution in [1.82, 2.24) is 15.0 Å². The van der Waals surface area contributed by atoms with E-state index in [0.29, 0.717) is 16.1 Å². The molecule has 0 aromatic carbocycles. The highest BCUT2D eigenvalue weighted by molar-refractivity contribution is 7.99. The number of fused-ring (bicyclic) bond motifs is 1. The SMILES string of the molecule is CSc1cc(N)nc(SC(C)c2cc3ccsc3c(Cl)n2)n1. The Bertz CT molecular complexity index is 821. The number of pyridine rings is 1. The molecule has 114 valence electrons. The van der Waals surface area contributed by atoms with Crippen LogP contribution in [0, 0.1) is 0 Å². The van der Waals surface area contributed by atoms with Crippen molar-refractivity contribution >= 4 is 62.4 Å². The number of nitrogens with zero attached hydrogens (tertiary/aromatic N) is 3. The molecular formula is C14H13ClN4S3. The number of thiophene rings is 1. The second kappa shape index (κ2) is 6.62. The molecule has 1 atom stereocenters. The van der Waals surface area contributed by atoms with Gasteiger partial charge in [0, 0.05) is 6.07 Å². The van der Waals surface area contributed by atoms with E-state index in [9.17, 15) is 0 Å². The van der Waals surface area contributed by atoms with Crippen LogP contribution < -0.4 is 5.73 Å². The Morgan fingerprint density at radius 3 is 2.86 bits per heavy atom. The molecule has 3 aromatic rings. The zero-order valence-electron chi connectivity index (χ0n) is 11.9. The summed E-state index contributed by atoms with van der Waals surface area (Å²) in [7, 11) is 0. The van der Waals surface area contributed by atoms with Gasteiger partial charge in [0.2, 0.25) is 0 Å². The lowest BCUT2D eigenvalue weighted by Gasteiger charge is -2.11. The van der Waals surface area contributed by atoms with Crippen LogP contribution in [0.5, 0.6) is 0 Å². The highest BCUT2D eigenvalue weighted by atomic mass is 35.5. The quantitative estimate of drug-likeness (QED) is 0.306. The minimum atomic E-state index is 0.0818. The van der Waals surface area contributed by atoms with Gasteiger partial charge in [-0.25, -0.2) is 15.0 Å². The van der Waals surface area contributed by atoms with E-state index in [-0.39, 0.29) is 5.25 Å². The summed E-state index contributed by atoms with van der Waals surface area (Å²) in [5.74, 6) is 0.480. The predicted octanol–water partition coefficient (Wildman–Crippen LogP) is 4.90. The second-order valence-electron chi connectivity index (χ2n) is 4.55. The van der Waals surface area contributed by atoms with Gasteiger partial charge in [0.15, 0.2) is 5.16 Å². The first-order valence-electron chi connectivity index (χ1n) is 6.45. The molecule has 0 aliphatic rings. The molecule has 1 unspecified atom stereocenters. The molecule has 0 saturated heterocycles. The third-order valence-electron chi connectivity index (χ3n) is 3.02. The topological polar surface area (TPSA) is 64.7 Å². The summed E-state index contributed by atoms with van der Waals surface area (Å²) in [6.45, 7) is 2.06. The minimum absolute atomic E-state index is 0.0818. The molecular weight excluding hydrogens is 356 g/mol. The highest BCUT2D eigenvalue weighted by Crippen LogP contribution is 2.36. The smallest absolute Gasteiger partial charge is 0.191 e. The van der Waals surface area contributed by atoms with Crippen molar-refractivity contribution in [3.05, 3.63) is 34.4 Å². The minimum Gasteiger partial charge on any atom is -0.384 e. The van der Waals surface area contributed by atoms with Crippen molar-refractivity contribution in [1.29, 1.82) is 0 Å². The van der Waals surface area contributed by atoms with E-state index in [0.717, 1.165) is 20.8 Å². The summed E-state index contributed by atoms with van der Waals surface area (Å²) >= 11 is 10.9. The zero-order valence-corrected chi connectivity index (χ0v) is 15.1. The number of hydrogen-bond acceptors (Lipinski definition) is 7. The van der Waals surface area contributed by atoms with Crippen LogP contribution in [0.3, 0.4) is 0 Å². The molecule has 0 radical (unpaired) electrons. The fourth-order valence-corrected chi connectivity index (χ4v) is 4.40. The van der Waals surface area contributed by atoms with Crippen LogP contribution >= 0.6 is 46.5 Å². The van der Waals surface area contributed by atoms with E-state index >= 15 is 0 Å². The normalized spacial score (nSPS) is 12.7. The number of nitrogens with two attached hydrogens (primary N) is 1. The maximum absolute atomic E-state index is 6.26. The molecule has 0 saturated carbocycles. The van der Waals surface area contributed by atoms with E-state index in [1.807, 2.05) is 11.6 Å². The molecule has 0 amide bonds. The lowest BCUT2D eigenvalue weighted by atomic mass is 10.2. The number of thioether (sulfide) groups is 2. The van der Waals surface area contributed by atoms with Crippen LogP contribution in [0.25, 0.3) is 10.1 Å². The van der Waals surface area contributed by atoms with Gasteiger partial charge in [0.1, 0.15) is 16.0 Å². The van der Waals surface area contributed by atoms with Gasteiger partial charge in [-0.2, -0.15) is 0 Å². The number of anilines is 1. The molecule has 0 aliphatic heterocycles. The van der Waals surface area contributed by atoms with Crippen molar-refractivity contribution in [3.63, 3.8) is 0 Å². The van der Waals surface area contributed by atoms with Gasteiger partial charge in [-0.1, -0.05) is 23.4 Å². The summed E-state index contributed by atoms with van der Waals surface area (Å²) in [5, 5.41) is 5.28. The molecule has 3 rings (SSSR count). The molecule has 0 fully saturated rings. The molecule has 2 N–H and O–H groups in total. The fraction of sp³-hybridized carbons (Fsp3) is 0.214. The van der Waals surface area contributed by atoms with Crippen molar-refractivity contribution < 1.29 is 0 Å². The molecule has 3 heterocycles. The van der Waals surface area contributed by atoms with E-state index in [2.05, 4.69) is 34.0 Å². The van der Waals surface area contributed by atoms with Crippen molar-refractivity contribution in [2.75, 3.05) is 12.0 Å². The first kappa shape index (κ1) is 15.9. The molecule has 22 heavy (non-hydrogen) atoms. The monoisotopic (exact) mass is 368 g/mol. The number of rotatable bonds is 4. The van der Waals surface area contributed by atoms with Crippen LogP contribution in [0.4, 0.5) is 5.82 Å². The number of halogens is 1. The van der Waals surface area contributed by atoms with Crippen molar-refractivity contribution in [2.24, 2.45) is 0 Å².